The number of hydrogen-bond acceptors (Lipinski definition) is 2. The fourth-order valence-electron chi connectivity index (χ4n) is 1.31. The summed E-state index contributed by atoms with van der Waals surface area (Å²) < 4.78 is 0. The van der Waals surface area contributed by atoms with Crippen molar-refractivity contribution in [3.8, 4) is 0 Å². The number of nitrogens with zero attached hydrogens (tertiary/aromatic N) is 1. The molecule has 13 heavy (non-hydrogen) atoms. The van der Waals surface area contributed by atoms with Gasteiger partial charge in [0.2, 0.25) is 0 Å². The van der Waals surface area contributed by atoms with Crippen molar-refractivity contribution < 1.29 is 4.79 Å². The predicted octanol–water partition coefficient (Wildman–Crippen LogP) is 0.285. The first-order valence-corrected chi connectivity index (χ1v) is 4.16. The molecule has 1 radical (unpaired) electrons. The van der Waals surface area contributed by atoms with E-state index in [4.69, 9.17) is 7.49 Å². The summed E-state index contributed by atoms with van der Waals surface area (Å²) >= 11 is 0. The topological polar surface area (TPSA) is 42.0 Å². The summed E-state index contributed by atoms with van der Waals surface area (Å²) in [5, 5.41) is 2.61. The second-order valence-electron chi connectivity index (χ2n) is 2.92. The molecule has 0 bridgehead atoms. The SMILES string of the molecule is [B]=C1C(=O)Nc2nc(CC)ccc21. The van der Waals surface area contributed by atoms with Crippen molar-refractivity contribution in [2.24, 2.45) is 0 Å². The monoisotopic (exact) mass is 171 g/mol. The summed E-state index contributed by atoms with van der Waals surface area (Å²) in [5.41, 5.74) is 1.92. The Balaban J connectivity index is 2.52. The Morgan fingerprint density at radius 1 is 1.54 bits per heavy atom. The average Bonchev–Trinajstić information content (AvgIpc) is 2.42. The van der Waals surface area contributed by atoms with E-state index in [1.807, 2.05) is 19.1 Å². The van der Waals surface area contributed by atoms with Gasteiger partial charge in [-0.15, -0.1) is 0 Å². The normalized spacial score (nSPS) is 14.2. The van der Waals surface area contributed by atoms with E-state index in [1.165, 1.54) is 0 Å². The molecule has 1 aromatic heterocycles. The van der Waals surface area contributed by atoms with Gasteiger partial charge in [-0.05, 0) is 0 Å². The standard InChI is InChI=1S/C9H8BN2O/c1-2-5-3-4-6-7(10)9(13)12-8(6)11-5/h3-4H,2H2,1H3,(H,11,12,13). The van der Waals surface area contributed by atoms with Gasteiger partial charge in [0.25, 0.3) is 0 Å². The summed E-state index contributed by atoms with van der Waals surface area (Å²) in [6.45, 7) is 2.01. The summed E-state index contributed by atoms with van der Waals surface area (Å²) in [4.78, 5) is 15.4. The van der Waals surface area contributed by atoms with Crippen molar-refractivity contribution in [2.75, 3.05) is 5.32 Å². The summed E-state index contributed by atoms with van der Waals surface area (Å²) in [6.07, 6.45) is 0.850. The second kappa shape index (κ2) is 2.80. The quantitative estimate of drug-likeness (QED) is 0.616. The Morgan fingerprint density at radius 2 is 2.31 bits per heavy atom. The van der Waals surface area contributed by atoms with Crippen LogP contribution >= 0.6 is 0 Å². The fraction of sp³-hybridized carbons (Fsp3) is 0.222. The van der Waals surface area contributed by atoms with Gasteiger partial charge in [0.1, 0.15) is 0 Å². The number of pyridine rings is 1. The third-order valence-electron chi connectivity index (χ3n) is 2.08. The van der Waals surface area contributed by atoms with Crippen molar-refractivity contribution in [1.29, 1.82) is 0 Å². The van der Waals surface area contributed by atoms with Gasteiger partial charge in [-0.25, -0.2) is 0 Å². The van der Waals surface area contributed by atoms with Crippen molar-refractivity contribution >= 4 is 24.7 Å². The third-order valence-corrected chi connectivity index (χ3v) is 2.08. The van der Waals surface area contributed by atoms with Crippen LogP contribution in [0.25, 0.3) is 0 Å². The van der Waals surface area contributed by atoms with Gasteiger partial charge in [0.15, 0.2) is 0 Å². The van der Waals surface area contributed by atoms with Crippen molar-refractivity contribution in [1.82, 2.24) is 4.98 Å². The molecule has 0 fully saturated rings. The maximum atomic E-state index is 11.1. The van der Waals surface area contributed by atoms with Gasteiger partial charge in [-0.1, -0.05) is 0 Å². The Labute approximate surface area is 77.3 Å². The molecule has 0 aromatic carbocycles. The molecule has 0 saturated heterocycles. The van der Waals surface area contributed by atoms with Gasteiger partial charge < -0.3 is 0 Å². The summed E-state index contributed by atoms with van der Waals surface area (Å²) in [7, 11) is 5.55. The number of carbonyl (C=O) groups is 1. The molecule has 2 rings (SSSR count). The number of fused-ring (bicyclic) bond motifs is 1. The van der Waals surface area contributed by atoms with Crippen LogP contribution in [0, 0.1) is 0 Å². The van der Waals surface area contributed by atoms with E-state index in [1.54, 1.807) is 0 Å². The Kier molecular flexibility index (Phi) is 1.76. The predicted molar refractivity (Wildman–Crippen MR) is 52.1 cm³/mol. The van der Waals surface area contributed by atoms with E-state index in [-0.39, 0.29) is 11.4 Å². The van der Waals surface area contributed by atoms with Crippen LogP contribution in [-0.4, -0.2) is 23.8 Å². The first kappa shape index (κ1) is 8.17. The van der Waals surface area contributed by atoms with Crippen molar-refractivity contribution in [3.05, 3.63) is 23.4 Å². The Hall–Kier alpha value is -1.45. The summed E-state index contributed by atoms with van der Waals surface area (Å²) in [5.74, 6) is 0.331. The Morgan fingerprint density at radius 3 is 3.00 bits per heavy atom. The number of aromatic nitrogens is 1. The number of carbonyl (C=O) groups excluding carboxylic acids is 1. The van der Waals surface area contributed by atoms with E-state index < -0.39 is 0 Å². The van der Waals surface area contributed by atoms with E-state index in [2.05, 4.69) is 10.3 Å². The van der Waals surface area contributed by atoms with Crippen LogP contribution in [0.2, 0.25) is 0 Å². The van der Waals surface area contributed by atoms with Crippen LogP contribution < -0.4 is 5.32 Å². The molecular weight excluding hydrogens is 163 g/mol. The average molecular weight is 171 g/mol. The van der Waals surface area contributed by atoms with E-state index in [9.17, 15) is 4.79 Å². The van der Waals surface area contributed by atoms with Crippen LogP contribution in [0.15, 0.2) is 12.1 Å². The number of anilines is 1. The van der Waals surface area contributed by atoms with E-state index in [0.29, 0.717) is 11.4 Å². The summed E-state index contributed by atoms with van der Waals surface area (Å²) in [6, 6.07) is 3.71. The number of amides is 1. The maximum absolute atomic E-state index is 11.1. The zero-order valence-corrected chi connectivity index (χ0v) is 7.29. The molecule has 1 N–H and O–H groups in total. The van der Waals surface area contributed by atoms with Crippen molar-refractivity contribution in [2.45, 2.75) is 13.3 Å². The first-order valence-electron chi connectivity index (χ1n) is 4.16. The molecule has 0 unspecified atom stereocenters. The first-order chi connectivity index (χ1) is 6.22. The molecule has 0 atom stereocenters. The van der Waals surface area contributed by atoms with Crippen LogP contribution in [0.5, 0.6) is 0 Å². The van der Waals surface area contributed by atoms with Crippen molar-refractivity contribution in [3.63, 3.8) is 0 Å². The molecule has 1 aliphatic rings. The molecule has 63 valence electrons. The third kappa shape index (κ3) is 1.18. The van der Waals surface area contributed by atoms with Gasteiger partial charge in [0, 0.05) is 0 Å². The molecule has 4 heteroatoms. The van der Waals surface area contributed by atoms with Crippen LogP contribution in [-0.2, 0) is 11.2 Å². The van der Waals surface area contributed by atoms with Gasteiger partial charge in [0.05, 0.1) is 0 Å². The van der Waals surface area contributed by atoms with E-state index >= 15 is 0 Å². The molecule has 0 spiro atoms. The number of hydrogen-bond donors (Lipinski definition) is 1. The minimum absolute atomic E-state index is 0.254. The molecule has 1 amide bonds. The number of aryl methyl sites for hydroxylation is 1. The van der Waals surface area contributed by atoms with E-state index in [0.717, 1.165) is 12.1 Å². The molecule has 1 aromatic rings. The minimum atomic E-state index is -0.254. The van der Waals surface area contributed by atoms with Crippen LogP contribution in [0.4, 0.5) is 5.82 Å². The molecule has 2 heterocycles. The Bertz CT molecular complexity index is 401. The van der Waals surface area contributed by atoms with Crippen LogP contribution in [0.1, 0.15) is 18.2 Å². The molecular formula is C9H8BN2O. The zero-order valence-electron chi connectivity index (χ0n) is 7.29. The molecule has 3 nitrogen and oxygen atoms in total. The van der Waals surface area contributed by atoms with Gasteiger partial charge in [-0.2, -0.15) is 0 Å². The zero-order chi connectivity index (χ0) is 9.42. The second-order valence-corrected chi connectivity index (χ2v) is 2.92. The number of rotatable bonds is 1. The number of nitrogens with one attached hydrogen (secondary N) is 1. The fourth-order valence-corrected chi connectivity index (χ4v) is 1.31. The van der Waals surface area contributed by atoms with Crippen LogP contribution in [0.3, 0.4) is 0 Å². The molecule has 0 saturated carbocycles. The van der Waals surface area contributed by atoms with Gasteiger partial charge >= 0.3 is 76.5 Å². The molecule has 0 aliphatic carbocycles. The molecule has 1 aliphatic heterocycles. The van der Waals surface area contributed by atoms with Gasteiger partial charge in [-0.3, -0.25) is 0 Å².